The van der Waals surface area contributed by atoms with Gasteiger partial charge in [0.05, 0.1) is 11.3 Å². The molecule has 156 valence electrons. The lowest BCUT2D eigenvalue weighted by atomic mass is 9.96. The number of rotatable bonds is 4. The molecule has 1 aromatic rings. The maximum absolute atomic E-state index is 12.1. The quantitative estimate of drug-likeness (QED) is 0.460. The number of primary amides is 1. The van der Waals surface area contributed by atoms with Gasteiger partial charge in [-0.2, -0.15) is 0 Å². The Morgan fingerprint density at radius 1 is 1.21 bits per heavy atom. The molecule has 1 fully saturated rings. The van der Waals surface area contributed by atoms with E-state index in [2.05, 4.69) is 10.3 Å². The van der Waals surface area contributed by atoms with Gasteiger partial charge in [0.2, 0.25) is 0 Å². The molecule has 0 bridgehead atoms. The summed E-state index contributed by atoms with van der Waals surface area (Å²) in [5.41, 5.74) is 12.2. The molecule has 8 nitrogen and oxygen atoms in total. The predicted octanol–water partition coefficient (Wildman–Crippen LogP) is 3.07. The topological polar surface area (TPSA) is 140 Å². The fourth-order valence-electron chi connectivity index (χ4n) is 2.88. The number of hydrogen-bond acceptors (Lipinski definition) is 6. The van der Waals surface area contributed by atoms with Gasteiger partial charge in [0, 0.05) is 30.6 Å². The van der Waals surface area contributed by atoms with E-state index in [9.17, 15) is 9.59 Å². The van der Waals surface area contributed by atoms with Crippen molar-refractivity contribution in [2.45, 2.75) is 64.5 Å². The summed E-state index contributed by atoms with van der Waals surface area (Å²) < 4.78 is 5.23. The first-order valence-electron chi connectivity index (χ1n) is 9.37. The van der Waals surface area contributed by atoms with Crippen molar-refractivity contribution in [2.75, 3.05) is 18.2 Å². The Kier molecular flexibility index (Phi) is 8.91. The lowest BCUT2D eigenvalue weighted by Gasteiger charge is -2.20. The first-order valence-corrected chi connectivity index (χ1v) is 9.37. The monoisotopic (exact) mass is 392 g/mol. The van der Waals surface area contributed by atoms with Crippen LogP contribution in [0.5, 0.6) is 0 Å². The Morgan fingerprint density at radius 3 is 2.36 bits per heavy atom. The van der Waals surface area contributed by atoms with E-state index in [1.165, 1.54) is 25.3 Å². The molecule has 8 heteroatoms. The number of nitrogens with two attached hydrogens (primary N) is 2. The lowest BCUT2D eigenvalue weighted by molar-refractivity contribution is 0.0636. The van der Waals surface area contributed by atoms with E-state index in [0.29, 0.717) is 17.3 Å². The second-order valence-corrected chi connectivity index (χ2v) is 7.59. The molecule has 1 aliphatic rings. The minimum atomic E-state index is -0.682. The van der Waals surface area contributed by atoms with Gasteiger partial charge in [0.25, 0.3) is 5.91 Å². The van der Waals surface area contributed by atoms with Crippen LogP contribution in [0.4, 0.5) is 16.2 Å². The molecule has 1 aliphatic carbocycles. The molecule has 0 spiro atoms. The number of amides is 2. The highest BCUT2D eigenvalue weighted by molar-refractivity contribution is 6.05. The van der Waals surface area contributed by atoms with Gasteiger partial charge in [-0.25, -0.2) is 4.79 Å². The van der Waals surface area contributed by atoms with Gasteiger partial charge in [-0.3, -0.25) is 15.1 Å². The standard InChI is InChI=1S/C19H28N4O3.CH4O/c1-19(2,3)26-18(25)23-16-9-12(15(20)10-14(16)17(21)24)11-22-13-7-5-4-6-8-13;1-2/h9-11,13H,4-8,20H2,1-3H3,(H2,21,24)(H,23,25);2H,1H3. The number of aliphatic imine (C=N–C) groups is 1. The van der Waals surface area contributed by atoms with Crippen LogP contribution in [0.2, 0.25) is 0 Å². The van der Waals surface area contributed by atoms with E-state index >= 15 is 0 Å². The Labute approximate surface area is 166 Å². The van der Waals surface area contributed by atoms with Crippen molar-refractivity contribution in [1.29, 1.82) is 0 Å². The van der Waals surface area contributed by atoms with E-state index in [1.807, 2.05) is 0 Å². The normalized spacial score (nSPS) is 14.9. The van der Waals surface area contributed by atoms with Crippen molar-refractivity contribution >= 4 is 29.6 Å². The number of ether oxygens (including phenoxy) is 1. The molecule has 2 rings (SSSR count). The summed E-state index contributed by atoms with van der Waals surface area (Å²) in [7, 11) is 1.00. The minimum absolute atomic E-state index is 0.128. The Balaban J connectivity index is 0.00000190. The average Bonchev–Trinajstić information content (AvgIpc) is 2.62. The zero-order chi connectivity index (χ0) is 21.3. The third-order valence-electron chi connectivity index (χ3n) is 4.12. The second kappa shape index (κ2) is 10.7. The molecule has 0 saturated heterocycles. The van der Waals surface area contributed by atoms with Gasteiger partial charge < -0.3 is 21.3 Å². The highest BCUT2D eigenvalue weighted by Gasteiger charge is 2.19. The van der Waals surface area contributed by atoms with Crippen molar-refractivity contribution in [3.63, 3.8) is 0 Å². The molecule has 2 amide bonds. The zero-order valence-corrected chi connectivity index (χ0v) is 17.1. The van der Waals surface area contributed by atoms with Crippen LogP contribution in [-0.2, 0) is 4.74 Å². The number of aliphatic hydroxyl groups excluding tert-OH is 1. The number of nitrogens with one attached hydrogen (secondary N) is 1. The molecule has 0 aliphatic heterocycles. The minimum Gasteiger partial charge on any atom is -0.444 e. The SMILES string of the molecule is CC(C)(C)OC(=O)Nc1cc(C=NC2CCCCC2)c(N)cc1C(N)=O.CO. The van der Waals surface area contributed by atoms with Gasteiger partial charge in [0.1, 0.15) is 5.60 Å². The van der Waals surface area contributed by atoms with E-state index in [1.54, 1.807) is 33.1 Å². The number of nitrogen functional groups attached to an aromatic ring is 1. The van der Waals surface area contributed by atoms with E-state index in [0.717, 1.165) is 20.0 Å². The van der Waals surface area contributed by atoms with Crippen LogP contribution in [0.1, 0.15) is 68.8 Å². The molecule has 28 heavy (non-hydrogen) atoms. The summed E-state index contributed by atoms with van der Waals surface area (Å²) in [6.07, 6.45) is 6.80. The summed E-state index contributed by atoms with van der Waals surface area (Å²) in [6, 6.07) is 3.35. The molecule has 1 aromatic carbocycles. The van der Waals surface area contributed by atoms with Crippen LogP contribution in [0.15, 0.2) is 17.1 Å². The van der Waals surface area contributed by atoms with Crippen LogP contribution < -0.4 is 16.8 Å². The third kappa shape index (κ3) is 7.56. The van der Waals surface area contributed by atoms with Gasteiger partial charge in [-0.1, -0.05) is 19.3 Å². The van der Waals surface area contributed by atoms with Crippen LogP contribution in [-0.4, -0.2) is 42.1 Å². The number of hydrogen-bond donors (Lipinski definition) is 4. The number of anilines is 2. The maximum Gasteiger partial charge on any atom is 0.412 e. The molecular formula is C20H32N4O4. The fourth-order valence-corrected chi connectivity index (χ4v) is 2.88. The van der Waals surface area contributed by atoms with Gasteiger partial charge in [-0.15, -0.1) is 0 Å². The molecule has 1 saturated carbocycles. The molecule has 6 N–H and O–H groups in total. The highest BCUT2D eigenvalue weighted by atomic mass is 16.6. The zero-order valence-electron chi connectivity index (χ0n) is 17.1. The molecular weight excluding hydrogens is 360 g/mol. The summed E-state index contributed by atoms with van der Waals surface area (Å²) in [6.45, 7) is 5.27. The largest absolute Gasteiger partial charge is 0.444 e. The fraction of sp³-hybridized carbons (Fsp3) is 0.550. The molecule has 0 atom stereocenters. The van der Waals surface area contributed by atoms with Crippen LogP contribution >= 0.6 is 0 Å². The van der Waals surface area contributed by atoms with E-state index in [4.69, 9.17) is 21.3 Å². The van der Waals surface area contributed by atoms with Crippen molar-refractivity contribution in [1.82, 2.24) is 0 Å². The predicted molar refractivity (Wildman–Crippen MR) is 112 cm³/mol. The van der Waals surface area contributed by atoms with Gasteiger partial charge >= 0.3 is 6.09 Å². The molecule has 0 radical (unpaired) electrons. The Morgan fingerprint density at radius 2 is 1.82 bits per heavy atom. The van der Waals surface area contributed by atoms with Crippen molar-refractivity contribution < 1.29 is 19.4 Å². The number of aliphatic hydroxyl groups is 1. The third-order valence-corrected chi connectivity index (χ3v) is 4.12. The first-order chi connectivity index (χ1) is 13.2. The summed E-state index contributed by atoms with van der Waals surface area (Å²) >= 11 is 0. The summed E-state index contributed by atoms with van der Waals surface area (Å²) in [5, 5.41) is 9.57. The highest BCUT2D eigenvalue weighted by Crippen LogP contribution is 2.25. The number of nitrogens with zero attached hydrogens (tertiary/aromatic N) is 1. The van der Waals surface area contributed by atoms with Crippen LogP contribution in [0.25, 0.3) is 0 Å². The average molecular weight is 393 g/mol. The van der Waals surface area contributed by atoms with Crippen molar-refractivity contribution in [3.8, 4) is 0 Å². The van der Waals surface area contributed by atoms with Crippen molar-refractivity contribution in [2.24, 2.45) is 10.7 Å². The Hall–Kier alpha value is -2.61. The van der Waals surface area contributed by atoms with Gasteiger partial charge in [-0.05, 0) is 45.7 Å². The van der Waals surface area contributed by atoms with Crippen LogP contribution in [0, 0.1) is 0 Å². The lowest BCUT2D eigenvalue weighted by Crippen LogP contribution is -2.28. The summed E-state index contributed by atoms with van der Waals surface area (Å²) in [4.78, 5) is 28.4. The van der Waals surface area contributed by atoms with E-state index < -0.39 is 17.6 Å². The number of benzene rings is 1. The number of carbonyl (C=O) groups is 2. The summed E-state index contributed by atoms with van der Waals surface area (Å²) in [5.74, 6) is -0.682. The Bertz CT molecular complexity index is 705. The maximum atomic E-state index is 12.1. The first kappa shape index (κ1) is 23.4. The smallest absolute Gasteiger partial charge is 0.412 e. The van der Waals surface area contributed by atoms with Gasteiger partial charge in [0.15, 0.2) is 0 Å². The van der Waals surface area contributed by atoms with Crippen LogP contribution in [0.3, 0.4) is 0 Å². The molecule has 0 unspecified atom stereocenters. The molecule has 0 heterocycles. The second-order valence-electron chi connectivity index (χ2n) is 7.59. The van der Waals surface area contributed by atoms with Crippen molar-refractivity contribution in [3.05, 3.63) is 23.3 Å². The molecule has 0 aromatic heterocycles. The van der Waals surface area contributed by atoms with E-state index in [-0.39, 0.29) is 11.3 Å². The number of carbonyl (C=O) groups excluding carboxylic acids is 2.